The Morgan fingerprint density at radius 1 is 1.31 bits per heavy atom. The van der Waals surface area contributed by atoms with Gasteiger partial charge < -0.3 is 20.5 Å². The van der Waals surface area contributed by atoms with Crippen LogP contribution in [0.15, 0.2) is 6.33 Å². The lowest BCUT2D eigenvalue weighted by atomic mass is 10.3. The molecule has 3 N–H and O–H groups in total. The molecule has 0 aromatic carbocycles. The number of nitrogen functional groups attached to an aromatic ring is 1. The van der Waals surface area contributed by atoms with Gasteiger partial charge in [0.2, 0.25) is 5.75 Å². The first-order valence-electron chi connectivity index (χ1n) is 5.17. The number of ether oxygens (including phenoxy) is 2. The normalized spacial score (nSPS) is 10.1. The van der Waals surface area contributed by atoms with E-state index in [2.05, 4.69) is 15.3 Å². The van der Waals surface area contributed by atoms with Gasteiger partial charge in [-0.15, -0.1) is 0 Å². The molecule has 16 heavy (non-hydrogen) atoms. The summed E-state index contributed by atoms with van der Waals surface area (Å²) in [6.07, 6.45) is 3.42. The molecule has 6 heteroatoms. The molecular weight excluding hydrogens is 208 g/mol. The molecule has 0 bridgehead atoms. The van der Waals surface area contributed by atoms with Gasteiger partial charge in [-0.25, -0.2) is 9.97 Å². The molecule has 0 spiro atoms. The molecular formula is C10H18N4O2. The van der Waals surface area contributed by atoms with Gasteiger partial charge in [0.25, 0.3) is 0 Å². The van der Waals surface area contributed by atoms with Gasteiger partial charge in [0, 0.05) is 20.3 Å². The average Bonchev–Trinajstić information content (AvgIpc) is 2.29. The monoisotopic (exact) mass is 226 g/mol. The van der Waals surface area contributed by atoms with Crippen LogP contribution in [0.5, 0.6) is 5.75 Å². The van der Waals surface area contributed by atoms with Crippen LogP contribution in [0.3, 0.4) is 0 Å². The summed E-state index contributed by atoms with van der Waals surface area (Å²) in [5, 5.41) is 3.15. The number of hydrogen-bond donors (Lipinski definition) is 2. The van der Waals surface area contributed by atoms with Gasteiger partial charge in [-0.05, 0) is 12.8 Å². The van der Waals surface area contributed by atoms with Crippen molar-refractivity contribution in [3.05, 3.63) is 6.33 Å². The molecule has 0 aliphatic heterocycles. The molecule has 0 saturated carbocycles. The third-order valence-corrected chi connectivity index (χ3v) is 2.10. The van der Waals surface area contributed by atoms with E-state index in [9.17, 15) is 0 Å². The fourth-order valence-corrected chi connectivity index (χ4v) is 1.29. The van der Waals surface area contributed by atoms with Crippen molar-refractivity contribution < 1.29 is 9.47 Å². The summed E-state index contributed by atoms with van der Waals surface area (Å²) in [5.41, 5.74) is 5.65. The number of hydrogen-bond acceptors (Lipinski definition) is 6. The lowest BCUT2D eigenvalue weighted by Gasteiger charge is -2.10. The summed E-state index contributed by atoms with van der Waals surface area (Å²) in [4.78, 5) is 7.92. The maximum Gasteiger partial charge on any atom is 0.203 e. The molecule has 90 valence electrons. The zero-order chi connectivity index (χ0) is 11.8. The highest BCUT2D eigenvalue weighted by molar-refractivity contribution is 5.61. The van der Waals surface area contributed by atoms with Crippen LogP contribution in [0.2, 0.25) is 0 Å². The Labute approximate surface area is 95.2 Å². The summed E-state index contributed by atoms with van der Waals surface area (Å²) < 4.78 is 10.1. The van der Waals surface area contributed by atoms with Gasteiger partial charge in [-0.1, -0.05) is 0 Å². The van der Waals surface area contributed by atoms with E-state index in [1.807, 2.05) is 0 Å². The number of rotatable bonds is 7. The minimum Gasteiger partial charge on any atom is -0.490 e. The highest BCUT2D eigenvalue weighted by Crippen LogP contribution is 2.25. The number of unbranched alkanes of at least 4 members (excludes halogenated alkanes) is 1. The fraction of sp³-hybridized carbons (Fsp3) is 0.600. The van der Waals surface area contributed by atoms with Crippen molar-refractivity contribution in [2.24, 2.45) is 0 Å². The molecule has 1 heterocycles. The Morgan fingerprint density at radius 2 is 2.12 bits per heavy atom. The van der Waals surface area contributed by atoms with E-state index in [-0.39, 0.29) is 0 Å². The third kappa shape index (κ3) is 3.54. The second-order valence-corrected chi connectivity index (χ2v) is 3.27. The van der Waals surface area contributed by atoms with Crippen molar-refractivity contribution in [3.8, 4) is 5.75 Å². The predicted molar refractivity (Wildman–Crippen MR) is 62.6 cm³/mol. The highest BCUT2D eigenvalue weighted by atomic mass is 16.5. The molecule has 6 nitrogen and oxygen atoms in total. The van der Waals surface area contributed by atoms with E-state index in [1.54, 1.807) is 14.2 Å². The first-order chi connectivity index (χ1) is 7.79. The maximum atomic E-state index is 5.65. The Balaban J connectivity index is 2.44. The summed E-state index contributed by atoms with van der Waals surface area (Å²) in [7, 11) is 3.24. The summed E-state index contributed by atoms with van der Waals surface area (Å²) in [5.74, 6) is 1.47. The van der Waals surface area contributed by atoms with E-state index < -0.39 is 0 Å². The molecule has 0 fully saturated rings. The average molecular weight is 226 g/mol. The fourth-order valence-electron chi connectivity index (χ4n) is 1.29. The minimum atomic E-state index is 0.344. The standard InChI is InChI=1S/C10H18N4O2/c1-15-6-4-3-5-12-10-8(16-2)9(11)13-7-14-10/h7H,3-6H2,1-2H3,(H3,11,12,13,14). The number of methoxy groups -OCH3 is 2. The third-order valence-electron chi connectivity index (χ3n) is 2.10. The molecule has 0 atom stereocenters. The van der Waals surface area contributed by atoms with Crippen molar-refractivity contribution in [3.63, 3.8) is 0 Å². The molecule has 1 aromatic rings. The summed E-state index contributed by atoms with van der Waals surface area (Å²) in [6.45, 7) is 1.57. The minimum absolute atomic E-state index is 0.344. The zero-order valence-corrected chi connectivity index (χ0v) is 9.69. The van der Waals surface area contributed by atoms with E-state index in [0.29, 0.717) is 17.4 Å². The van der Waals surface area contributed by atoms with Crippen molar-refractivity contribution >= 4 is 11.6 Å². The van der Waals surface area contributed by atoms with Gasteiger partial charge in [0.1, 0.15) is 6.33 Å². The van der Waals surface area contributed by atoms with Crippen LogP contribution in [0.4, 0.5) is 11.6 Å². The lowest BCUT2D eigenvalue weighted by molar-refractivity contribution is 0.193. The van der Waals surface area contributed by atoms with E-state index in [0.717, 1.165) is 26.0 Å². The van der Waals surface area contributed by atoms with E-state index >= 15 is 0 Å². The smallest absolute Gasteiger partial charge is 0.203 e. The number of aromatic nitrogens is 2. The Kier molecular flexibility index (Phi) is 5.35. The van der Waals surface area contributed by atoms with Crippen LogP contribution >= 0.6 is 0 Å². The van der Waals surface area contributed by atoms with Gasteiger partial charge in [-0.3, -0.25) is 0 Å². The number of nitrogens with two attached hydrogens (primary N) is 1. The largest absolute Gasteiger partial charge is 0.490 e. The van der Waals surface area contributed by atoms with Gasteiger partial charge in [-0.2, -0.15) is 0 Å². The first kappa shape index (κ1) is 12.5. The van der Waals surface area contributed by atoms with E-state index in [1.165, 1.54) is 6.33 Å². The molecule has 1 aromatic heterocycles. The molecule has 0 saturated heterocycles. The maximum absolute atomic E-state index is 5.65. The quantitative estimate of drug-likeness (QED) is 0.672. The van der Waals surface area contributed by atoms with Gasteiger partial charge >= 0.3 is 0 Å². The Bertz CT molecular complexity index is 320. The first-order valence-corrected chi connectivity index (χ1v) is 5.17. The van der Waals surface area contributed by atoms with E-state index in [4.69, 9.17) is 15.2 Å². The number of nitrogens with one attached hydrogen (secondary N) is 1. The second-order valence-electron chi connectivity index (χ2n) is 3.27. The molecule has 0 amide bonds. The van der Waals surface area contributed by atoms with Crippen LogP contribution in [0.25, 0.3) is 0 Å². The highest BCUT2D eigenvalue weighted by Gasteiger charge is 2.07. The number of anilines is 2. The summed E-state index contributed by atoms with van der Waals surface area (Å²) >= 11 is 0. The van der Waals surface area contributed by atoms with Crippen molar-refractivity contribution in [1.29, 1.82) is 0 Å². The van der Waals surface area contributed by atoms with Crippen molar-refractivity contribution in [2.45, 2.75) is 12.8 Å². The second kappa shape index (κ2) is 6.84. The van der Waals surface area contributed by atoms with Gasteiger partial charge in [0.15, 0.2) is 11.6 Å². The van der Waals surface area contributed by atoms with Crippen LogP contribution in [0.1, 0.15) is 12.8 Å². The van der Waals surface area contributed by atoms with Crippen LogP contribution in [-0.4, -0.2) is 37.3 Å². The van der Waals surface area contributed by atoms with Crippen LogP contribution < -0.4 is 15.8 Å². The molecule has 0 radical (unpaired) electrons. The molecule has 0 aliphatic carbocycles. The molecule has 1 rings (SSSR count). The zero-order valence-electron chi connectivity index (χ0n) is 9.69. The SMILES string of the molecule is COCCCCNc1ncnc(N)c1OC. The molecule has 0 unspecified atom stereocenters. The Hall–Kier alpha value is -1.56. The van der Waals surface area contributed by atoms with Crippen molar-refractivity contribution in [2.75, 3.05) is 38.4 Å². The van der Waals surface area contributed by atoms with Crippen LogP contribution in [-0.2, 0) is 4.74 Å². The predicted octanol–water partition coefficient (Wildman–Crippen LogP) is 0.906. The number of nitrogens with zero attached hydrogens (tertiary/aromatic N) is 2. The summed E-state index contributed by atoms with van der Waals surface area (Å²) in [6, 6.07) is 0. The van der Waals surface area contributed by atoms with Crippen molar-refractivity contribution in [1.82, 2.24) is 9.97 Å². The Morgan fingerprint density at radius 3 is 2.81 bits per heavy atom. The van der Waals surface area contributed by atoms with Crippen LogP contribution in [0, 0.1) is 0 Å². The topological polar surface area (TPSA) is 82.3 Å². The lowest BCUT2D eigenvalue weighted by Crippen LogP contribution is -2.08. The molecule has 0 aliphatic rings. The van der Waals surface area contributed by atoms with Gasteiger partial charge in [0.05, 0.1) is 7.11 Å².